The van der Waals surface area contributed by atoms with Crippen LogP contribution in [0.2, 0.25) is 0 Å². The lowest BCUT2D eigenvalue weighted by Gasteiger charge is -2.40. The van der Waals surface area contributed by atoms with Crippen molar-refractivity contribution < 1.29 is 9.53 Å². The predicted octanol–water partition coefficient (Wildman–Crippen LogP) is 1.70. The average molecular weight is 178 g/mol. The van der Waals surface area contributed by atoms with Crippen molar-refractivity contribution in [3.8, 4) is 0 Å². The molecule has 1 saturated heterocycles. The highest BCUT2D eigenvalue weighted by molar-refractivity contribution is 5.90. The largest absolute Gasteiger partial charge is 0.359 e. The van der Waals surface area contributed by atoms with Crippen molar-refractivity contribution in [3.63, 3.8) is 0 Å². The molecule has 4 atom stereocenters. The molecule has 0 aromatic heterocycles. The van der Waals surface area contributed by atoms with Gasteiger partial charge in [0.05, 0.1) is 23.0 Å². The van der Waals surface area contributed by atoms with E-state index in [4.69, 9.17) is 4.74 Å². The van der Waals surface area contributed by atoms with Crippen LogP contribution < -0.4 is 0 Å². The molecule has 1 aliphatic carbocycles. The summed E-state index contributed by atoms with van der Waals surface area (Å²) in [5.41, 5.74) is -0.586. The van der Waals surface area contributed by atoms with Gasteiger partial charge in [-0.2, -0.15) is 0 Å². The molecule has 0 aromatic carbocycles. The average Bonchev–Trinajstić information content (AvgIpc) is 2.49. The molecule has 0 aromatic rings. The van der Waals surface area contributed by atoms with Gasteiger partial charge in [-0.25, -0.2) is 0 Å². The molecular weight excluding hydrogens is 164 g/mol. The number of rotatable bonds is 0. The molecule has 70 valence electrons. The fourth-order valence-corrected chi connectivity index (χ4v) is 3.25. The summed E-state index contributed by atoms with van der Waals surface area (Å²) in [5, 5.41) is 0. The summed E-state index contributed by atoms with van der Waals surface area (Å²) < 4.78 is 6.00. The van der Waals surface area contributed by atoms with Gasteiger partial charge in [-0.15, -0.1) is 0 Å². The monoisotopic (exact) mass is 178 g/mol. The standard InChI is InChI=1S/C11H14O2/c1-10-5-6-11(2,13-10)8-4-3-7(10)9(8)12/h5-8H,3-4H2,1-2H3. The summed E-state index contributed by atoms with van der Waals surface area (Å²) in [5.74, 6) is 0.690. The summed E-state index contributed by atoms with van der Waals surface area (Å²) in [6.45, 7) is 4.08. The van der Waals surface area contributed by atoms with Crippen LogP contribution in [0.25, 0.3) is 0 Å². The fraction of sp³-hybridized carbons (Fsp3) is 0.727. The van der Waals surface area contributed by atoms with Crippen LogP contribution in [-0.4, -0.2) is 17.0 Å². The fourth-order valence-electron chi connectivity index (χ4n) is 3.25. The first-order valence-electron chi connectivity index (χ1n) is 4.99. The van der Waals surface area contributed by atoms with E-state index in [-0.39, 0.29) is 23.0 Å². The lowest BCUT2D eigenvalue weighted by Crippen LogP contribution is -2.50. The van der Waals surface area contributed by atoms with E-state index in [1.165, 1.54) is 0 Å². The maximum atomic E-state index is 11.9. The molecule has 1 saturated carbocycles. The van der Waals surface area contributed by atoms with Gasteiger partial charge in [0, 0.05) is 0 Å². The molecule has 4 unspecified atom stereocenters. The van der Waals surface area contributed by atoms with Crippen LogP contribution in [0.3, 0.4) is 0 Å². The lowest BCUT2D eigenvalue weighted by molar-refractivity contribution is -0.167. The molecule has 2 aliphatic heterocycles. The van der Waals surface area contributed by atoms with Crippen molar-refractivity contribution in [2.24, 2.45) is 11.8 Å². The Kier molecular flexibility index (Phi) is 1.13. The Balaban J connectivity index is 2.17. The van der Waals surface area contributed by atoms with Crippen LogP contribution in [0.4, 0.5) is 0 Å². The molecule has 0 amide bonds. The molecule has 2 nitrogen and oxygen atoms in total. The van der Waals surface area contributed by atoms with Gasteiger partial charge in [0.15, 0.2) is 0 Å². The van der Waals surface area contributed by atoms with Crippen LogP contribution >= 0.6 is 0 Å². The summed E-state index contributed by atoms with van der Waals surface area (Å²) in [6, 6.07) is 0. The highest BCUT2D eigenvalue weighted by Crippen LogP contribution is 2.54. The minimum Gasteiger partial charge on any atom is -0.359 e. The Morgan fingerprint density at radius 1 is 1.23 bits per heavy atom. The lowest BCUT2D eigenvalue weighted by atomic mass is 9.82. The maximum absolute atomic E-state index is 11.9. The summed E-state index contributed by atoms with van der Waals surface area (Å²) in [4.78, 5) is 11.9. The van der Waals surface area contributed by atoms with Gasteiger partial charge in [0.25, 0.3) is 0 Å². The summed E-state index contributed by atoms with van der Waals surface area (Å²) >= 11 is 0. The van der Waals surface area contributed by atoms with E-state index in [0.29, 0.717) is 5.78 Å². The van der Waals surface area contributed by atoms with Crippen LogP contribution in [0.5, 0.6) is 0 Å². The zero-order valence-corrected chi connectivity index (χ0v) is 8.04. The van der Waals surface area contributed by atoms with Crippen LogP contribution in [-0.2, 0) is 9.53 Å². The maximum Gasteiger partial charge on any atom is 0.145 e. The molecule has 13 heavy (non-hydrogen) atoms. The molecular formula is C11H14O2. The number of Topliss-reactive ketones (excluding diaryl/α,β-unsaturated/α-hetero) is 1. The molecule has 2 fully saturated rings. The van der Waals surface area contributed by atoms with Gasteiger partial charge in [0.2, 0.25) is 0 Å². The minimum atomic E-state index is -0.293. The zero-order valence-electron chi connectivity index (χ0n) is 8.04. The second kappa shape index (κ2) is 1.90. The highest BCUT2D eigenvalue weighted by Gasteiger charge is 2.61. The van der Waals surface area contributed by atoms with Crippen molar-refractivity contribution in [2.45, 2.75) is 37.9 Å². The first-order valence-corrected chi connectivity index (χ1v) is 4.99. The number of ketones is 1. The normalized spacial score (nSPS) is 57.5. The molecule has 0 spiro atoms. The second-order valence-electron chi connectivity index (χ2n) is 4.89. The van der Waals surface area contributed by atoms with Gasteiger partial charge in [-0.1, -0.05) is 12.2 Å². The SMILES string of the molecule is CC12C=CC(C)(O1)C1CCC2C1=O. The van der Waals surface area contributed by atoms with Crippen molar-refractivity contribution in [1.82, 2.24) is 0 Å². The van der Waals surface area contributed by atoms with Crippen molar-refractivity contribution in [1.29, 1.82) is 0 Å². The third kappa shape index (κ3) is 0.715. The van der Waals surface area contributed by atoms with E-state index in [0.717, 1.165) is 12.8 Å². The van der Waals surface area contributed by atoms with E-state index < -0.39 is 0 Å². The Morgan fingerprint density at radius 3 is 2.15 bits per heavy atom. The Morgan fingerprint density at radius 2 is 1.69 bits per heavy atom. The summed E-state index contributed by atoms with van der Waals surface area (Å²) in [7, 11) is 0. The third-order valence-corrected chi connectivity index (χ3v) is 4.00. The Hall–Kier alpha value is -0.630. The Labute approximate surface area is 78.0 Å². The first kappa shape index (κ1) is 7.74. The number of hydrogen-bond donors (Lipinski definition) is 0. The van der Waals surface area contributed by atoms with Gasteiger partial charge >= 0.3 is 0 Å². The minimum absolute atomic E-state index is 0.129. The first-order chi connectivity index (χ1) is 6.05. The third-order valence-electron chi connectivity index (χ3n) is 4.00. The molecule has 4 bridgehead atoms. The van der Waals surface area contributed by atoms with Gasteiger partial charge in [0.1, 0.15) is 5.78 Å². The van der Waals surface area contributed by atoms with E-state index in [9.17, 15) is 4.79 Å². The van der Waals surface area contributed by atoms with Crippen LogP contribution in [0.15, 0.2) is 12.2 Å². The molecule has 0 N–H and O–H groups in total. The van der Waals surface area contributed by atoms with E-state index in [2.05, 4.69) is 12.2 Å². The number of carbonyl (C=O) groups is 1. The number of carbonyl (C=O) groups excluding carboxylic acids is 1. The predicted molar refractivity (Wildman–Crippen MR) is 48.3 cm³/mol. The molecule has 0 radical (unpaired) electrons. The molecule has 2 heterocycles. The molecule has 3 rings (SSSR count). The highest BCUT2D eigenvalue weighted by atomic mass is 16.5. The number of hydrogen-bond acceptors (Lipinski definition) is 2. The van der Waals surface area contributed by atoms with Crippen LogP contribution in [0, 0.1) is 11.8 Å². The second-order valence-corrected chi connectivity index (χ2v) is 4.89. The molecule has 2 heteroatoms. The van der Waals surface area contributed by atoms with Gasteiger partial charge in [-0.05, 0) is 26.7 Å². The number of fused-ring (bicyclic) bond motifs is 6. The smallest absolute Gasteiger partial charge is 0.145 e. The van der Waals surface area contributed by atoms with E-state index in [1.54, 1.807) is 0 Å². The number of ether oxygens (including phenoxy) is 1. The summed E-state index contributed by atoms with van der Waals surface area (Å²) in [6.07, 6.45) is 6.21. The van der Waals surface area contributed by atoms with Crippen molar-refractivity contribution >= 4 is 5.78 Å². The van der Waals surface area contributed by atoms with Gasteiger partial charge < -0.3 is 4.74 Å². The molecule has 3 aliphatic rings. The van der Waals surface area contributed by atoms with Crippen LogP contribution in [0.1, 0.15) is 26.7 Å². The van der Waals surface area contributed by atoms with E-state index in [1.807, 2.05) is 13.8 Å². The Bertz CT molecular complexity index is 292. The quantitative estimate of drug-likeness (QED) is 0.528. The zero-order chi connectivity index (χ0) is 9.27. The topological polar surface area (TPSA) is 26.3 Å². The van der Waals surface area contributed by atoms with E-state index >= 15 is 0 Å². The van der Waals surface area contributed by atoms with Gasteiger partial charge in [-0.3, -0.25) is 4.79 Å². The van der Waals surface area contributed by atoms with Crippen molar-refractivity contribution in [2.75, 3.05) is 0 Å². The van der Waals surface area contributed by atoms with Crippen molar-refractivity contribution in [3.05, 3.63) is 12.2 Å².